The van der Waals surface area contributed by atoms with Crippen LogP contribution in [0.2, 0.25) is 10.3 Å². The molecule has 0 amide bonds. The Bertz CT molecular complexity index is 321. The Hall–Kier alpha value is -0.570. The second-order valence-corrected chi connectivity index (χ2v) is 8.38. The zero-order chi connectivity index (χ0) is 10.6. The van der Waals surface area contributed by atoms with E-state index in [1.807, 2.05) is 25.1 Å². The molecule has 0 heterocycles. The molecule has 1 rings (SSSR count). The van der Waals surface area contributed by atoms with E-state index in [4.69, 9.17) is 4.74 Å². The van der Waals surface area contributed by atoms with E-state index in [2.05, 4.69) is 10.3 Å². The van der Waals surface area contributed by atoms with Crippen LogP contribution in [-0.2, 0) is 18.4 Å². The summed E-state index contributed by atoms with van der Waals surface area (Å²) < 4.78 is 6.75. The van der Waals surface area contributed by atoms with Crippen LogP contribution >= 0.6 is 0 Å². The third kappa shape index (κ3) is 2.71. The van der Waals surface area contributed by atoms with Gasteiger partial charge < -0.3 is 0 Å². The van der Waals surface area contributed by atoms with E-state index in [0.717, 1.165) is 12.0 Å². The third-order valence-corrected chi connectivity index (χ3v) is 4.90. The first kappa shape index (κ1) is 11.5. The van der Waals surface area contributed by atoms with Crippen LogP contribution in [0.1, 0.15) is 17.3 Å². The molecular weight excluding hydrogens is 361 g/mol. The van der Waals surface area contributed by atoms with E-state index >= 15 is 0 Å². The van der Waals surface area contributed by atoms with Crippen LogP contribution < -0.4 is 8.52 Å². The molecule has 0 atom stereocenters. The summed E-state index contributed by atoms with van der Waals surface area (Å²) in [6.07, 6.45) is 0.845. The first-order valence-electron chi connectivity index (χ1n) is 4.22. The van der Waals surface area contributed by atoms with Crippen LogP contribution in [0.5, 0.6) is 5.75 Å². The van der Waals surface area contributed by atoms with Gasteiger partial charge in [0.05, 0.1) is 0 Å². The number of benzene rings is 1. The SMILES string of the molecule is CCOc1c[c]([Au]([CH3])[CH3])ccc1C=O. The molecule has 0 saturated heterocycles. The standard InChI is InChI=1S/C9H9O2.2CH3.Au/c1-2-11-9-6-4-3-5-8(9)7-10;;;/h3,5-7H,2H2,1H3;2*1H3;. The van der Waals surface area contributed by atoms with Crippen molar-refractivity contribution in [1.29, 1.82) is 0 Å². The number of rotatable bonds is 4. The molecular formula is C11H15AuO2. The Morgan fingerprint density at radius 3 is 2.64 bits per heavy atom. The Labute approximate surface area is 91.4 Å². The molecule has 0 saturated carbocycles. The van der Waals surface area contributed by atoms with Gasteiger partial charge in [0.15, 0.2) is 0 Å². The molecule has 0 aliphatic rings. The van der Waals surface area contributed by atoms with Crippen molar-refractivity contribution in [3.8, 4) is 5.75 Å². The van der Waals surface area contributed by atoms with Gasteiger partial charge in [-0.3, -0.25) is 0 Å². The van der Waals surface area contributed by atoms with Gasteiger partial charge in [0.2, 0.25) is 0 Å². The van der Waals surface area contributed by atoms with Crippen molar-refractivity contribution in [2.24, 2.45) is 0 Å². The Morgan fingerprint density at radius 1 is 1.43 bits per heavy atom. The molecule has 0 bridgehead atoms. The maximum atomic E-state index is 10.7. The summed E-state index contributed by atoms with van der Waals surface area (Å²) in [4.78, 5) is 10.7. The summed E-state index contributed by atoms with van der Waals surface area (Å²) in [5, 5.41) is 4.53. The molecule has 2 nitrogen and oxygen atoms in total. The summed E-state index contributed by atoms with van der Waals surface area (Å²) in [5.74, 6) is 0.726. The monoisotopic (exact) mass is 376 g/mol. The van der Waals surface area contributed by atoms with Gasteiger partial charge in [-0.05, 0) is 0 Å². The summed E-state index contributed by atoms with van der Waals surface area (Å²) in [6, 6.07) is 5.89. The molecule has 1 aromatic carbocycles. The Balaban J connectivity index is 3.06. The van der Waals surface area contributed by atoms with Gasteiger partial charge in [0, 0.05) is 0 Å². The van der Waals surface area contributed by atoms with Gasteiger partial charge in [-0.25, -0.2) is 0 Å². The minimum absolute atomic E-state index is 0.602. The van der Waals surface area contributed by atoms with Crippen molar-refractivity contribution in [3.63, 3.8) is 0 Å². The second kappa shape index (κ2) is 5.35. The van der Waals surface area contributed by atoms with Crippen molar-refractivity contribution >= 4 is 10.1 Å². The van der Waals surface area contributed by atoms with Gasteiger partial charge in [0.25, 0.3) is 0 Å². The van der Waals surface area contributed by atoms with E-state index in [1.165, 1.54) is 3.78 Å². The van der Waals surface area contributed by atoms with E-state index < -0.39 is 18.4 Å². The van der Waals surface area contributed by atoms with Crippen molar-refractivity contribution < 1.29 is 28.0 Å². The number of carbonyl (C=O) groups excluding carboxylic acids is 1. The van der Waals surface area contributed by atoms with Crippen LogP contribution in [0.3, 0.4) is 0 Å². The fourth-order valence-electron chi connectivity index (χ4n) is 1.06. The summed E-state index contributed by atoms with van der Waals surface area (Å²) in [5.41, 5.74) is 0.645. The fraction of sp³-hybridized carbons (Fsp3) is 0.364. The quantitative estimate of drug-likeness (QED) is 0.595. The molecule has 0 aliphatic carbocycles. The molecule has 82 valence electrons. The minimum atomic E-state index is -0.894. The molecule has 0 spiro atoms. The van der Waals surface area contributed by atoms with E-state index in [9.17, 15) is 4.79 Å². The zero-order valence-corrected chi connectivity index (χ0v) is 10.8. The third-order valence-electron chi connectivity index (χ3n) is 1.73. The molecule has 0 aliphatic heterocycles. The molecule has 14 heavy (non-hydrogen) atoms. The molecule has 0 unspecified atom stereocenters. The zero-order valence-electron chi connectivity index (χ0n) is 8.63. The van der Waals surface area contributed by atoms with Crippen molar-refractivity contribution in [2.75, 3.05) is 6.61 Å². The predicted molar refractivity (Wildman–Crippen MR) is 54.4 cm³/mol. The van der Waals surface area contributed by atoms with E-state index in [1.54, 1.807) is 0 Å². The van der Waals surface area contributed by atoms with E-state index in [0.29, 0.717) is 12.2 Å². The number of aldehydes is 1. The predicted octanol–water partition coefficient (Wildman–Crippen LogP) is 2.24. The Morgan fingerprint density at radius 2 is 2.14 bits per heavy atom. The van der Waals surface area contributed by atoms with Gasteiger partial charge >= 0.3 is 91.4 Å². The molecule has 0 N–H and O–H groups in total. The van der Waals surface area contributed by atoms with Gasteiger partial charge in [0.1, 0.15) is 0 Å². The first-order chi connectivity index (χ1) is 6.69. The molecule has 0 fully saturated rings. The molecule has 3 heteroatoms. The number of carbonyl (C=O) groups is 1. The molecule has 0 radical (unpaired) electrons. The molecule has 0 aromatic heterocycles. The van der Waals surface area contributed by atoms with Crippen molar-refractivity contribution in [1.82, 2.24) is 0 Å². The van der Waals surface area contributed by atoms with Gasteiger partial charge in [-0.2, -0.15) is 0 Å². The summed E-state index contributed by atoms with van der Waals surface area (Å²) in [7, 11) is 0. The molecule has 1 aromatic rings. The summed E-state index contributed by atoms with van der Waals surface area (Å²) in [6.45, 7) is 2.53. The van der Waals surface area contributed by atoms with Crippen molar-refractivity contribution in [3.05, 3.63) is 23.8 Å². The average molecular weight is 376 g/mol. The number of hydrogen-bond acceptors (Lipinski definition) is 2. The van der Waals surface area contributed by atoms with Crippen LogP contribution in [0.25, 0.3) is 0 Å². The summed E-state index contributed by atoms with van der Waals surface area (Å²) >= 11 is -0.894. The normalized spacial score (nSPS) is 10.9. The maximum absolute atomic E-state index is 10.7. The second-order valence-electron chi connectivity index (χ2n) is 2.79. The average Bonchev–Trinajstić information content (AvgIpc) is 2.18. The van der Waals surface area contributed by atoms with Crippen LogP contribution in [0.4, 0.5) is 0 Å². The van der Waals surface area contributed by atoms with Crippen LogP contribution in [0, 0.1) is 0 Å². The number of hydrogen-bond donors (Lipinski definition) is 0. The van der Waals surface area contributed by atoms with E-state index in [-0.39, 0.29) is 0 Å². The number of ether oxygens (including phenoxy) is 1. The van der Waals surface area contributed by atoms with Crippen LogP contribution in [0.15, 0.2) is 18.2 Å². The fourth-order valence-corrected chi connectivity index (χ4v) is 2.87. The first-order valence-corrected chi connectivity index (χ1v) is 9.63. The van der Waals surface area contributed by atoms with Gasteiger partial charge in [-0.15, -0.1) is 0 Å². The van der Waals surface area contributed by atoms with Crippen molar-refractivity contribution in [2.45, 2.75) is 17.2 Å². The topological polar surface area (TPSA) is 26.3 Å². The van der Waals surface area contributed by atoms with Crippen LogP contribution in [-0.4, -0.2) is 12.9 Å². The van der Waals surface area contributed by atoms with Gasteiger partial charge in [-0.1, -0.05) is 0 Å². The Kier molecular flexibility index (Phi) is 4.39.